The number of rotatable bonds is 6. The molecule has 2 saturated carbocycles. The van der Waals surface area contributed by atoms with Gasteiger partial charge in [-0.1, -0.05) is 38.8 Å². The van der Waals surface area contributed by atoms with E-state index in [-0.39, 0.29) is 37.3 Å². The van der Waals surface area contributed by atoms with Gasteiger partial charge in [0.15, 0.2) is 23.6 Å². The molecule has 0 amide bonds. The summed E-state index contributed by atoms with van der Waals surface area (Å²) in [5.41, 5.74) is -0.288. The van der Waals surface area contributed by atoms with E-state index in [0.29, 0.717) is 17.5 Å². The first-order chi connectivity index (χ1) is 15.4. The van der Waals surface area contributed by atoms with Crippen molar-refractivity contribution < 1.29 is 22.6 Å². The van der Waals surface area contributed by atoms with Crippen molar-refractivity contribution in [2.24, 2.45) is 11.8 Å². The van der Waals surface area contributed by atoms with Crippen molar-refractivity contribution in [3.63, 3.8) is 0 Å². The standard InChI is InChI=1S/C27H39F3O2/c1-3-15-27(30)16-31-26(32-17-27)21-11-9-20(10-12-21)23-14-13-22(24(28)25(23)29)19-7-5-18(4-2)6-8-19/h13-14,18-21,26H,3-12,15-17H2,1-2H3. The van der Waals surface area contributed by atoms with E-state index in [1.54, 1.807) is 0 Å². The number of ether oxygens (including phenoxy) is 2. The Bertz CT molecular complexity index is 744. The summed E-state index contributed by atoms with van der Waals surface area (Å²) in [5.74, 6) is -0.172. The fourth-order valence-electron chi connectivity index (χ4n) is 6.21. The molecule has 1 aliphatic heterocycles. The molecule has 180 valence electrons. The molecule has 2 aliphatic carbocycles. The minimum atomic E-state index is -1.37. The fourth-order valence-corrected chi connectivity index (χ4v) is 6.21. The van der Waals surface area contributed by atoms with Crippen molar-refractivity contribution in [1.29, 1.82) is 0 Å². The third-order valence-corrected chi connectivity index (χ3v) is 8.31. The Hall–Kier alpha value is -1.07. The van der Waals surface area contributed by atoms with Crippen LogP contribution in [0.15, 0.2) is 12.1 Å². The van der Waals surface area contributed by atoms with E-state index in [1.807, 2.05) is 19.1 Å². The van der Waals surface area contributed by atoms with Crippen LogP contribution in [0.3, 0.4) is 0 Å². The highest BCUT2D eigenvalue weighted by molar-refractivity contribution is 5.32. The molecule has 4 rings (SSSR count). The molecule has 0 unspecified atom stereocenters. The Morgan fingerprint density at radius 3 is 1.78 bits per heavy atom. The maximum Gasteiger partial charge on any atom is 0.162 e. The highest BCUT2D eigenvalue weighted by Crippen LogP contribution is 2.43. The minimum absolute atomic E-state index is 0.0228. The second kappa shape index (κ2) is 10.5. The molecule has 1 heterocycles. The summed E-state index contributed by atoms with van der Waals surface area (Å²) in [5, 5.41) is 0. The van der Waals surface area contributed by atoms with Crippen LogP contribution in [0.4, 0.5) is 13.2 Å². The van der Waals surface area contributed by atoms with Crippen LogP contribution in [-0.2, 0) is 9.47 Å². The molecule has 1 saturated heterocycles. The molecular formula is C27H39F3O2. The highest BCUT2D eigenvalue weighted by Gasteiger charge is 2.40. The fraction of sp³-hybridized carbons (Fsp3) is 0.778. The third-order valence-electron chi connectivity index (χ3n) is 8.31. The molecule has 0 aromatic heterocycles. The summed E-state index contributed by atoms with van der Waals surface area (Å²) in [6.45, 7) is 4.35. The molecule has 0 spiro atoms. The van der Waals surface area contributed by atoms with Crippen molar-refractivity contribution in [2.75, 3.05) is 13.2 Å². The molecule has 0 atom stereocenters. The van der Waals surface area contributed by atoms with Crippen LogP contribution in [0.5, 0.6) is 0 Å². The lowest BCUT2D eigenvalue weighted by Crippen LogP contribution is -2.46. The minimum Gasteiger partial charge on any atom is -0.349 e. The summed E-state index contributed by atoms with van der Waals surface area (Å²) in [4.78, 5) is 0. The van der Waals surface area contributed by atoms with E-state index in [2.05, 4.69) is 6.92 Å². The van der Waals surface area contributed by atoms with Crippen molar-refractivity contribution >= 4 is 0 Å². The smallest absolute Gasteiger partial charge is 0.162 e. The Morgan fingerprint density at radius 1 is 0.812 bits per heavy atom. The Kier molecular flexibility index (Phi) is 7.87. The lowest BCUT2D eigenvalue weighted by molar-refractivity contribution is -0.257. The van der Waals surface area contributed by atoms with Crippen molar-refractivity contribution in [2.45, 2.75) is 108 Å². The van der Waals surface area contributed by atoms with Crippen LogP contribution in [0.1, 0.15) is 107 Å². The van der Waals surface area contributed by atoms with E-state index < -0.39 is 17.3 Å². The van der Waals surface area contributed by atoms with Gasteiger partial charge in [0.2, 0.25) is 0 Å². The molecule has 32 heavy (non-hydrogen) atoms. The van der Waals surface area contributed by atoms with Crippen molar-refractivity contribution in [3.05, 3.63) is 34.9 Å². The van der Waals surface area contributed by atoms with Gasteiger partial charge in [-0.15, -0.1) is 0 Å². The molecule has 3 aliphatic rings. The van der Waals surface area contributed by atoms with Crippen LogP contribution in [0.2, 0.25) is 0 Å². The van der Waals surface area contributed by atoms with E-state index in [4.69, 9.17) is 9.47 Å². The largest absolute Gasteiger partial charge is 0.349 e. The molecule has 3 fully saturated rings. The predicted octanol–water partition coefficient (Wildman–Crippen LogP) is 7.80. The van der Waals surface area contributed by atoms with Gasteiger partial charge in [0, 0.05) is 5.92 Å². The normalized spacial score (nSPS) is 36.2. The number of benzene rings is 1. The molecular weight excluding hydrogens is 413 g/mol. The summed E-state index contributed by atoms with van der Waals surface area (Å²) < 4.78 is 56.2. The Morgan fingerprint density at radius 2 is 1.31 bits per heavy atom. The molecule has 0 bridgehead atoms. The summed E-state index contributed by atoms with van der Waals surface area (Å²) in [6.07, 6.45) is 9.36. The van der Waals surface area contributed by atoms with Crippen molar-refractivity contribution in [3.8, 4) is 0 Å². The molecule has 5 heteroatoms. The zero-order valence-corrected chi connectivity index (χ0v) is 19.7. The number of halogens is 3. The van der Waals surface area contributed by atoms with Crippen molar-refractivity contribution in [1.82, 2.24) is 0 Å². The van der Waals surface area contributed by atoms with Gasteiger partial charge in [-0.05, 0) is 86.7 Å². The maximum absolute atomic E-state index is 15.1. The zero-order chi connectivity index (χ0) is 22.7. The van der Waals surface area contributed by atoms with E-state index in [9.17, 15) is 4.39 Å². The number of hydrogen-bond donors (Lipinski definition) is 0. The first-order valence-corrected chi connectivity index (χ1v) is 12.8. The average Bonchev–Trinajstić information content (AvgIpc) is 2.82. The van der Waals surface area contributed by atoms with Gasteiger partial charge in [-0.3, -0.25) is 0 Å². The van der Waals surface area contributed by atoms with Gasteiger partial charge in [0.25, 0.3) is 0 Å². The first-order valence-electron chi connectivity index (χ1n) is 12.8. The SMILES string of the molecule is CCCC1(F)COC(C2CCC(c3ccc(C4CCC(CC)CC4)c(F)c3F)CC2)OC1. The van der Waals surface area contributed by atoms with E-state index >= 15 is 8.78 Å². The van der Waals surface area contributed by atoms with Crippen LogP contribution < -0.4 is 0 Å². The van der Waals surface area contributed by atoms with Crippen LogP contribution in [0, 0.1) is 23.5 Å². The van der Waals surface area contributed by atoms with Crippen LogP contribution >= 0.6 is 0 Å². The average molecular weight is 453 g/mol. The molecule has 1 aromatic rings. The summed E-state index contributed by atoms with van der Waals surface area (Å²) in [6, 6.07) is 3.68. The Labute approximate surface area is 191 Å². The van der Waals surface area contributed by atoms with Gasteiger partial charge in [0.05, 0.1) is 13.2 Å². The highest BCUT2D eigenvalue weighted by atomic mass is 19.2. The third kappa shape index (κ3) is 5.19. The topological polar surface area (TPSA) is 18.5 Å². The quantitative estimate of drug-likeness (QED) is 0.438. The van der Waals surface area contributed by atoms with Crippen LogP contribution in [-0.4, -0.2) is 25.2 Å². The Balaban J connectivity index is 1.33. The monoisotopic (exact) mass is 452 g/mol. The van der Waals surface area contributed by atoms with Gasteiger partial charge in [-0.25, -0.2) is 13.2 Å². The second-order valence-electron chi connectivity index (χ2n) is 10.5. The first kappa shape index (κ1) is 24.1. The van der Waals surface area contributed by atoms with Gasteiger partial charge >= 0.3 is 0 Å². The molecule has 1 aromatic carbocycles. The van der Waals surface area contributed by atoms with Gasteiger partial charge < -0.3 is 9.47 Å². The van der Waals surface area contributed by atoms with E-state index in [1.165, 1.54) is 6.42 Å². The van der Waals surface area contributed by atoms with Gasteiger partial charge in [-0.2, -0.15) is 0 Å². The number of alkyl halides is 1. The lowest BCUT2D eigenvalue weighted by Gasteiger charge is -2.40. The molecule has 0 N–H and O–H groups in total. The predicted molar refractivity (Wildman–Crippen MR) is 120 cm³/mol. The second-order valence-corrected chi connectivity index (χ2v) is 10.5. The molecule has 0 radical (unpaired) electrons. The summed E-state index contributed by atoms with van der Waals surface area (Å²) in [7, 11) is 0. The zero-order valence-electron chi connectivity index (χ0n) is 19.7. The number of hydrogen-bond acceptors (Lipinski definition) is 2. The van der Waals surface area contributed by atoms with Gasteiger partial charge in [0.1, 0.15) is 0 Å². The van der Waals surface area contributed by atoms with E-state index in [0.717, 1.165) is 63.7 Å². The van der Waals surface area contributed by atoms with Crippen LogP contribution in [0.25, 0.3) is 0 Å². The maximum atomic E-state index is 15.1. The lowest BCUT2D eigenvalue weighted by atomic mass is 9.75. The molecule has 2 nitrogen and oxygen atoms in total. The summed E-state index contributed by atoms with van der Waals surface area (Å²) >= 11 is 0.